The molecule has 0 N–H and O–H groups in total. The minimum atomic E-state index is -0.301. The molecule has 0 fully saturated rings. The Morgan fingerprint density at radius 3 is 2.19 bits per heavy atom. The first-order valence-corrected chi connectivity index (χ1v) is 11.2. The number of thioether (sulfide) groups is 1. The Balaban J connectivity index is 1.52. The first-order chi connectivity index (χ1) is 15.6. The minimum Gasteiger partial charge on any atom is -0.341 e. The van der Waals surface area contributed by atoms with Gasteiger partial charge in [0.15, 0.2) is 11.0 Å². The van der Waals surface area contributed by atoms with Crippen molar-refractivity contribution in [2.24, 2.45) is 0 Å². The van der Waals surface area contributed by atoms with Crippen LogP contribution in [0, 0.1) is 5.82 Å². The summed E-state index contributed by atoms with van der Waals surface area (Å²) in [5.41, 5.74) is 2.94. The molecule has 7 heteroatoms. The van der Waals surface area contributed by atoms with E-state index in [2.05, 4.69) is 10.2 Å². The van der Waals surface area contributed by atoms with Crippen molar-refractivity contribution in [1.82, 2.24) is 19.7 Å². The zero-order valence-electron chi connectivity index (χ0n) is 17.7. The summed E-state index contributed by atoms with van der Waals surface area (Å²) in [7, 11) is 1.80. The summed E-state index contributed by atoms with van der Waals surface area (Å²) < 4.78 is 15.4. The predicted molar refractivity (Wildman–Crippen MR) is 125 cm³/mol. The topological polar surface area (TPSA) is 51.0 Å². The van der Waals surface area contributed by atoms with E-state index < -0.39 is 0 Å². The van der Waals surface area contributed by atoms with E-state index in [0.717, 1.165) is 16.7 Å². The van der Waals surface area contributed by atoms with Gasteiger partial charge in [0.05, 0.1) is 12.3 Å². The Kier molecular flexibility index (Phi) is 6.97. The van der Waals surface area contributed by atoms with Gasteiger partial charge in [0.25, 0.3) is 0 Å². The van der Waals surface area contributed by atoms with Gasteiger partial charge >= 0.3 is 0 Å². The van der Waals surface area contributed by atoms with Crippen molar-refractivity contribution in [2.45, 2.75) is 18.2 Å². The first-order valence-electron chi connectivity index (χ1n) is 10.2. The molecule has 4 aromatic rings. The molecule has 0 bridgehead atoms. The van der Waals surface area contributed by atoms with Crippen LogP contribution in [0.4, 0.5) is 4.39 Å². The number of nitrogens with zero attached hydrogens (tertiary/aromatic N) is 4. The molecule has 5 nitrogen and oxygen atoms in total. The van der Waals surface area contributed by atoms with Crippen LogP contribution in [0.2, 0.25) is 0 Å². The Hall–Kier alpha value is -3.45. The van der Waals surface area contributed by atoms with Crippen LogP contribution in [-0.2, 0) is 17.9 Å². The first kappa shape index (κ1) is 21.8. The van der Waals surface area contributed by atoms with Gasteiger partial charge in [0, 0.05) is 19.2 Å². The average molecular weight is 447 g/mol. The number of halogens is 1. The van der Waals surface area contributed by atoms with Crippen molar-refractivity contribution in [2.75, 3.05) is 12.8 Å². The average Bonchev–Trinajstić information content (AvgIpc) is 3.21. The maximum absolute atomic E-state index is 13.4. The van der Waals surface area contributed by atoms with Crippen LogP contribution in [0.3, 0.4) is 0 Å². The molecule has 0 saturated heterocycles. The molecule has 3 aromatic carbocycles. The number of hydrogen-bond acceptors (Lipinski definition) is 4. The van der Waals surface area contributed by atoms with Crippen molar-refractivity contribution < 1.29 is 9.18 Å². The summed E-state index contributed by atoms with van der Waals surface area (Å²) in [6.45, 7) is 1.11. The molecule has 0 aliphatic rings. The summed E-state index contributed by atoms with van der Waals surface area (Å²) in [5, 5.41) is 9.33. The van der Waals surface area contributed by atoms with Crippen molar-refractivity contribution >= 4 is 17.7 Å². The van der Waals surface area contributed by atoms with Gasteiger partial charge in [-0.2, -0.15) is 0 Å². The van der Waals surface area contributed by atoms with Gasteiger partial charge in [-0.05, 0) is 35.4 Å². The van der Waals surface area contributed by atoms with Crippen molar-refractivity contribution in [3.63, 3.8) is 0 Å². The van der Waals surface area contributed by atoms with Gasteiger partial charge in [-0.25, -0.2) is 4.39 Å². The number of benzene rings is 3. The SMILES string of the molecule is CN(Cc1ccccc1)C(=O)CSc1nnc(-c2ccc(F)cc2)n1Cc1ccccc1. The highest BCUT2D eigenvalue weighted by Gasteiger charge is 2.17. The number of amides is 1. The molecule has 0 aliphatic heterocycles. The lowest BCUT2D eigenvalue weighted by Crippen LogP contribution is -2.27. The minimum absolute atomic E-state index is 0.0106. The molecule has 162 valence electrons. The zero-order chi connectivity index (χ0) is 22.3. The number of rotatable bonds is 8. The van der Waals surface area contributed by atoms with Gasteiger partial charge in [0.2, 0.25) is 5.91 Å². The molecule has 1 aromatic heterocycles. The molecule has 1 amide bonds. The van der Waals surface area contributed by atoms with E-state index in [0.29, 0.717) is 24.1 Å². The van der Waals surface area contributed by atoms with E-state index >= 15 is 0 Å². The molecule has 0 spiro atoms. The third-order valence-corrected chi connectivity index (χ3v) is 5.97. The van der Waals surface area contributed by atoms with Crippen LogP contribution in [-0.4, -0.2) is 38.4 Å². The molecule has 4 rings (SSSR count). The summed E-state index contributed by atoms with van der Waals surface area (Å²) in [4.78, 5) is 14.4. The lowest BCUT2D eigenvalue weighted by atomic mass is 10.2. The van der Waals surface area contributed by atoms with Crippen LogP contribution in [0.1, 0.15) is 11.1 Å². The molecule has 0 aliphatic carbocycles. The lowest BCUT2D eigenvalue weighted by molar-refractivity contribution is -0.127. The maximum Gasteiger partial charge on any atom is 0.233 e. The molecule has 0 atom stereocenters. The van der Waals surface area contributed by atoms with E-state index in [1.54, 1.807) is 24.1 Å². The van der Waals surface area contributed by atoms with Gasteiger partial charge in [0.1, 0.15) is 5.82 Å². The van der Waals surface area contributed by atoms with Crippen molar-refractivity contribution in [1.29, 1.82) is 0 Å². The smallest absolute Gasteiger partial charge is 0.233 e. The van der Waals surface area contributed by atoms with Crippen molar-refractivity contribution in [3.05, 3.63) is 102 Å². The Bertz CT molecular complexity index is 1160. The zero-order valence-corrected chi connectivity index (χ0v) is 18.5. The normalized spacial score (nSPS) is 10.8. The second kappa shape index (κ2) is 10.2. The number of carbonyl (C=O) groups is 1. The van der Waals surface area contributed by atoms with Crippen LogP contribution in [0.15, 0.2) is 90.1 Å². The molecule has 0 saturated carbocycles. The second-order valence-corrected chi connectivity index (χ2v) is 8.35. The van der Waals surface area contributed by atoms with E-state index in [1.807, 2.05) is 65.2 Å². The summed E-state index contributed by atoms with van der Waals surface area (Å²) in [6, 6.07) is 26.1. The Morgan fingerprint density at radius 1 is 0.906 bits per heavy atom. The number of carbonyl (C=O) groups excluding carboxylic acids is 1. The predicted octanol–water partition coefficient (Wildman–Crippen LogP) is 4.88. The highest BCUT2D eigenvalue weighted by molar-refractivity contribution is 7.99. The fourth-order valence-electron chi connectivity index (χ4n) is 3.30. The van der Waals surface area contributed by atoms with Gasteiger partial charge in [-0.1, -0.05) is 72.4 Å². The van der Waals surface area contributed by atoms with Crippen LogP contribution in [0.5, 0.6) is 0 Å². The van der Waals surface area contributed by atoms with Crippen molar-refractivity contribution in [3.8, 4) is 11.4 Å². The monoisotopic (exact) mass is 446 g/mol. The highest BCUT2D eigenvalue weighted by Crippen LogP contribution is 2.26. The Labute approximate surface area is 190 Å². The summed E-state index contributed by atoms with van der Waals surface area (Å²) in [5.74, 6) is 0.599. The van der Waals surface area contributed by atoms with Crippen LogP contribution < -0.4 is 0 Å². The van der Waals surface area contributed by atoms with Crippen LogP contribution >= 0.6 is 11.8 Å². The largest absolute Gasteiger partial charge is 0.341 e. The fourth-order valence-corrected chi connectivity index (χ4v) is 4.18. The number of aromatic nitrogens is 3. The third kappa shape index (κ3) is 5.42. The maximum atomic E-state index is 13.4. The van der Waals surface area contributed by atoms with Crippen LogP contribution in [0.25, 0.3) is 11.4 Å². The molecular formula is C25H23FN4OS. The van der Waals surface area contributed by atoms with Gasteiger partial charge in [-0.3, -0.25) is 9.36 Å². The van der Waals surface area contributed by atoms with E-state index in [1.165, 1.54) is 23.9 Å². The molecule has 32 heavy (non-hydrogen) atoms. The standard InChI is InChI=1S/C25H23FN4OS/c1-29(16-19-8-4-2-5-9-19)23(31)18-32-25-28-27-24(21-12-14-22(26)15-13-21)30(25)17-20-10-6-3-7-11-20/h2-15H,16-18H2,1H3. The highest BCUT2D eigenvalue weighted by atomic mass is 32.2. The molecule has 0 radical (unpaired) electrons. The fraction of sp³-hybridized carbons (Fsp3) is 0.160. The number of hydrogen-bond donors (Lipinski definition) is 0. The Morgan fingerprint density at radius 2 is 1.53 bits per heavy atom. The quantitative estimate of drug-likeness (QED) is 0.362. The molecular weight excluding hydrogens is 423 g/mol. The van der Waals surface area contributed by atoms with E-state index in [9.17, 15) is 9.18 Å². The van der Waals surface area contributed by atoms with Gasteiger partial charge in [-0.15, -0.1) is 10.2 Å². The molecule has 0 unspecified atom stereocenters. The lowest BCUT2D eigenvalue weighted by Gasteiger charge is -2.17. The summed E-state index contributed by atoms with van der Waals surface area (Å²) in [6.07, 6.45) is 0. The van der Waals surface area contributed by atoms with Gasteiger partial charge < -0.3 is 4.90 Å². The third-order valence-electron chi connectivity index (χ3n) is 5.02. The second-order valence-electron chi connectivity index (χ2n) is 7.41. The molecule has 1 heterocycles. The summed E-state index contributed by atoms with van der Waals surface area (Å²) >= 11 is 1.36. The van der Waals surface area contributed by atoms with E-state index in [4.69, 9.17) is 0 Å². The van der Waals surface area contributed by atoms with E-state index in [-0.39, 0.29) is 17.5 Å².